The highest BCUT2D eigenvalue weighted by Gasteiger charge is 2.01. The molecule has 84 valence electrons. The molecule has 1 aromatic heterocycles. The van der Waals surface area contributed by atoms with Crippen molar-refractivity contribution in [3.05, 3.63) is 40.3 Å². The molecular weight excluding hydrogens is 220 g/mol. The van der Waals surface area contributed by atoms with Crippen molar-refractivity contribution in [2.75, 3.05) is 12.3 Å². The van der Waals surface area contributed by atoms with E-state index in [2.05, 4.69) is 11.9 Å². The molecule has 0 fully saturated rings. The average molecular weight is 234 g/mol. The van der Waals surface area contributed by atoms with Crippen LogP contribution in [0, 0.1) is 6.92 Å². The molecule has 0 spiro atoms. The first-order chi connectivity index (χ1) is 7.75. The largest absolute Gasteiger partial charge is 0.491 e. The van der Waals surface area contributed by atoms with Gasteiger partial charge < -0.3 is 10.5 Å². The Kier molecular flexibility index (Phi) is 3.41. The van der Waals surface area contributed by atoms with Crippen molar-refractivity contribution in [3.63, 3.8) is 0 Å². The number of aromatic nitrogens is 1. The van der Waals surface area contributed by atoms with E-state index < -0.39 is 0 Å². The molecule has 0 aliphatic carbocycles. The molecule has 0 aliphatic rings. The fraction of sp³-hybridized carbons (Fsp3) is 0.250. The standard InChI is InChI=1S/C12H14N2OS/c1-9-8-14-12(16-9)6-7-15-11-5-3-2-4-10(11)13/h2-5,8H,6-7,13H2,1H3. The fourth-order valence-electron chi connectivity index (χ4n) is 1.38. The highest BCUT2D eigenvalue weighted by atomic mass is 32.1. The lowest BCUT2D eigenvalue weighted by Crippen LogP contribution is -2.02. The third kappa shape index (κ3) is 2.73. The third-order valence-electron chi connectivity index (χ3n) is 2.16. The Morgan fingerprint density at radius 1 is 1.38 bits per heavy atom. The van der Waals surface area contributed by atoms with Crippen molar-refractivity contribution in [3.8, 4) is 5.75 Å². The topological polar surface area (TPSA) is 48.1 Å². The molecule has 0 atom stereocenters. The van der Waals surface area contributed by atoms with Gasteiger partial charge in [-0.1, -0.05) is 12.1 Å². The molecule has 1 heterocycles. The summed E-state index contributed by atoms with van der Waals surface area (Å²) < 4.78 is 5.59. The van der Waals surface area contributed by atoms with E-state index in [1.165, 1.54) is 4.88 Å². The average Bonchev–Trinajstić information content (AvgIpc) is 2.67. The van der Waals surface area contributed by atoms with Gasteiger partial charge in [0.1, 0.15) is 5.75 Å². The highest BCUT2D eigenvalue weighted by molar-refractivity contribution is 7.11. The van der Waals surface area contributed by atoms with Crippen LogP contribution >= 0.6 is 11.3 Å². The third-order valence-corrected chi connectivity index (χ3v) is 3.13. The van der Waals surface area contributed by atoms with E-state index in [4.69, 9.17) is 10.5 Å². The van der Waals surface area contributed by atoms with Crippen LogP contribution in [0.2, 0.25) is 0 Å². The minimum absolute atomic E-state index is 0.612. The van der Waals surface area contributed by atoms with Gasteiger partial charge in [-0.25, -0.2) is 4.98 Å². The molecule has 0 aliphatic heterocycles. The molecule has 2 aromatic rings. The zero-order valence-electron chi connectivity index (χ0n) is 9.14. The predicted molar refractivity (Wildman–Crippen MR) is 66.9 cm³/mol. The van der Waals surface area contributed by atoms with Crippen molar-refractivity contribution in [2.24, 2.45) is 0 Å². The second kappa shape index (κ2) is 4.99. The zero-order valence-corrected chi connectivity index (χ0v) is 9.96. The van der Waals surface area contributed by atoms with Crippen LogP contribution in [0.1, 0.15) is 9.88 Å². The number of para-hydroxylation sites is 2. The van der Waals surface area contributed by atoms with Crippen LogP contribution in [0.15, 0.2) is 30.5 Å². The lowest BCUT2D eigenvalue weighted by molar-refractivity contribution is 0.323. The Bertz CT molecular complexity index is 468. The molecule has 2 N–H and O–H groups in total. The van der Waals surface area contributed by atoms with Gasteiger partial charge in [0.15, 0.2) is 0 Å². The first-order valence-electron chi connectivity index (χ1n) is 5.14. The second-order valence-electron chi connectivity index (χ2n) is 3.50. The van der Waals surface area contributed by atoms with Crippen LogP contribution in [-0.4, -0.2) is 11.6 Å². The summed E-state index contributed by atoms with van der Waals surface area (Å²) in [6.45, 7) is 2.67. The quantitative estimate of drug-likeness (QED) is 0.827. The Morgan fingerprint density at radius 2 is 2.19 bits per heavy atom. The SMILES string of the molecule is Cc1cnc(CCOc2ccccc2N)s1. The molecule has 4 heteroatoms. The molecule has 0 radical (unpaired) electrons. The lowest BCUT2D eigenvalue weighted by Gasteiger charge is -2.06. The second-order valence-corrected chi connectivity index (χ2v) is 4.82. The van der Waals surface area contributed by atoms with Crippen molar-refractivity contribution < 1.29 is 4.74 Å². The zero-order chi connectivity index (χ0) is 11.4. The number of nitrogen functional groups attached to an aromatic ring is 1. The number of thiazole rings is 1. The van der Waals surface area contributed by atoms with Crippen molar-refractivity contribution in [1.29, 1.82) is 0 Å². The minimum Gasteiger partial charge on any atom is -0.491 e. The summed E-state index contributed by atoms with van der Waals surface area (Å²) in [7, 11) is 0. The Morgan fingerprint density at radius 3 is 2.88 bits per heavy atom. The Hall–Kier alpha value is -1.55. The summed E-state index contributed by atoms with van der Waals surface area (Å²) in [6.07, 6.45) is 2.71. The van der Waals surface area contributed by atoms with Crippen LogP contribution in [0.5, 0.6) is 5.75 Å². The maximum Gasteiger partial charge on any atom is 0.142 e. The van der Waals surface area contributed by atoms with Crippen LogP contribution in [0.25, 0.3) is 0 Å². The van der Waals surface area contributed by atoms with E-state index in [0.29, 0.717) is 12.3 Å². The van der Waals surface area contributed by atoms with E-state index in [1.807, 2.05) is 30.5 Å². The van der Waals surface area contributed by atoms with Crippen molar-refractivity contribution in [2.45, 2.75) is 13.3 Å². The van der Waals surface area contributed by atoms with E-state index >= 15 is 0 Å². The van der Waals surface area contributed by atoms with Gasteiger partial charge in [-0.05, 0) is 19.1 Å². The van der Waals surface area contributed by atoms with E-state index in [9.17, 15) is 0 Å². The first-order valence-corrected chi connectivity index (χ1v) is 5.96. The molecule has 0 amide bonds. The van der Waals surface area contributed by atoms with Crippen LogP contribution in [0.3, 0.4) is 0 Å². The molecule has 0 saturated carbocycles. The summed E-state index contributed by atoms with van der Waals surface area (Å²) in [5.41, 5.74) is 6.44. The number of hydrogen-bond acceptors (Lipinski definition) is 4. The number of rotatable bonds is 4. The summed E-state index contributed by atoms with van der Waals surface area (Å²) in [5, 5.41) is 1.10. The van der Waals surface area contributed by atoms with Gasteiger partial charge in [0.05, 0.1) is 17.3 Å². The molecule has 3 nitrogen and oxygen atoms in total. The number of anilines is 1. The van der Waals surface area contributed by atoms with E-state index in [1.54, 1.807) is 11.3 Å². The maximum absolute atomic E-state index is 5.77. The number of hydrogen-bond donors (Lipinski definition) is 1. The van der Waals surface area contributed by atoms with E-state index in [-0.39, 0.29) is 0 Å². The van der Waals surface area contributed by atoms with Gasteiger partial charge in [-0.3, -0.25) is 0 Å². The van der Waals surface area contributed by atoms with Crippen LogP contribution < -0.4 is 10.5 Å². The summed E-state index contributed by atoms with van der Waals surface area (Å²) in [5.74, 6) is 0.746. The van der Waals surface area contributed by atoms with Gasteiger partial charge in [-0.2, -0.15) is 0 Å². The van der Waals surface area contributed by atoms with Gasteiger partial charge in [0.25, 0.3) is 0 Å². The lowest BCUT2D eigenvalue weighted by atomic mass is 10.3. The Labute approximate surface area is 98.9 Å². The predicted octanol–water partition coefficient (Wildman–Crippen LogP) is 2.66. The smallest absolute Gasteiger partial charge is 0.142 e. The summed E-state index contributed by atoms with van der Waals surface area (Å²) >= 11 is 1.70. The maximum atomic E-state index is 5.77. The number of nitrogens with zero attached hydrogens (tertiary/aromatic N) is 1. The van der Waals surface area contributed by atoms with Gasteiger partial charge >= 0.3 is 0 Å². The minimum atomic E-state index is 0.612. The molecule has 2 rings (SSSR count). The molecule has 0 saturated heterocycles. The number of nitrogens with two attached hydrogens (primary N) is 1. The monoisotopic (exact) mass is 234 g/mol. The summed E-state index contributed by atoms with van der Waals surface area (Å²) in [6, 6.07) is 7.52. The van der Waals surface area contributed by atoms with Crippen molar-refractivity contribution in [1.82, 2.24) is 4.98 Å². The number of ether oxygens (including phenoxy) is 1. The normalized spacial score (nSPS) is 10.3. The summed E-state index contributed by atoms with van der Waals surface area (Å²) in [4.78, 5) is 5.51. The van der Waals surface area contributed by atoms with Crippen LogP contribution in [0.4, 0.5) is 5.69 Å². The van der Waals surface area contributed by atoms with Gasteiger partial charge in [0.2, 0.25) is 0 Å². The molecular formula is C12H14N2OS. The molecule has 1 aromatic carbocycles. The van der Waals surface area contributed by atoms with Crippen LogP contribution in [-0.2, 0) is 6.42 Å². The number of benzene rings is 1. The molecule has 16 heavy (non-hydrogen) atoms. The highest BCUT2D eigenvalue weighted by Crippen LogP contribution is 2.20. The van der Waals surface area contributed by atoms with E-state index in [0.717, 1.165) is 17.2 Å². The number of aryl methyl sites for hydroxylation is 1. The Balaban J connectivity index is 1.87. The molecule has 0 bridgehead atoms. The molecule has 0 unspecified atom stereocenters. The van der Waals surface area contributed by atoms with Gasteiger partial charge in [-0.15, -0.1) is 11.3 Å². The fourth-order valence-corrected chi connectivity index (χ4v) is 2.15. The van der Waals surface area contributed by atoms with Crippen molar-refractivity contribution >= 4 is 17.0 Å². The first kappa shape index (κ1) is 11.0. The van der Waals surface area contributed by atoms with Gasteiger partial charge in [0, 0.05) is 17.5 Å².